The Balaban J connectivity index is 1.90. The molecule has 21 heavy (non-hydrogen) atoms. The Kier molecular flexibility index (Phi) is 5.15. The van der Waals surface area contributed by atoms with Gasteiger partial charge in [0.15, 0.2) is 0 Å². The quantitative estimate of drug-likeness (QED) is 0.857. The summed E-state index contributed by atoms with van der Waals surface area (Å²) in [5, 5.41) is 5.48. The number of rotatable bonds is 6. The van der Waals surface area contributed by atoms with Gasteiger partial charge in [-0.25, -0.2) is 4.39 Å². The smallest absolute Gasteiger partial charge is 0.243 e. The topological polar surface area (TPSA) is 50.4 Å². The van der Waals surface area contributed by atoms with Crippen molar-refractivity contribution in [3.8, 4) is 5.75 Å². The number of nitrogens with one attached hydrogen (secondary N) is 2. The standard InChI is InChI=1S/C16H17FN2O2/c1-2-21-13-7-5-6-12(10-13)19-16(20)11-18-15-9-4-3-8-14(15)17/h3-10,18H,2,11H2,1H3,(H,19,20). The summed E-state index contributed by atoms with van der Waals surface area (Å²) in [5.74, 6) is 0.0490. The van der Waals surface area contributed by atoms with Gasteiger partial charge in [-0.1, -0.05) is 18.2 Å². The van der Waals surface area contributed by atoms with E-state index in [1.165, 1.54) is 6.07 Å². The molecule has 0 unspecified atom stereocenters. The van der Waals surface area contributed by atoms with Gasteiger partial charge in [0.2, 0.25) is 5.91 Å². The molecule has 2 aromatic carbocycles. The van der Waals surface area contributed by atoms with Gasteiger partial charge in [0.1, 0.15) is 11.6 Å². The second kappa shape index (κ2) is 7.28. The summed E-state index contributed by atoms with van der Waals surface area (Å²) in [6.07, 6.45) is 0. The van der Waals surface area contributed by atoms with E-state index in [4.69, 9.17) is 4.74 Å². The summed E-state index contributed by atoms with van der Waals surface area (Å²) in [5.41, 5.74) is 0.942. The first kappa shape index (κ1) is 14.8. The van der Waals surface area contributed by atoms with Gasteiger partial charge in [-0.2, -0.15) is 0 Å². The average Bonchev–Trinajstić information content (AvgIpc) is 2.47. The fourth-order valence-electron chi connectivity index (χ4n) is 1.82. The molecule has 0 heterocycles. The van der Waals surface area contributed by atoms with Gasteiger partial charge in [-0.05, 0) is 31.2 Å². The molecule has 2 N–H and O–H groups in total. The van der Waals surface area contributed by atoms with E-state index in [-0.39, 0.29) is 18.3 Å². The Bertz CT molecular complexity index is 617. The number of para-hydroxylation sites is 1. The van der Waals surface area contributed by atoms with Crippen LogP contribution in [-0.2, 0) is 4.79 Å². The zero-order chi connectivity index (χ0) is 15.1. The van der Waals surface area contributed by atoms with Crippen LogP contribution in [0.4, 0.5) is 15.8 Å². The number of anilines is 2. The van der Waals surface area contributed by atoms with Gasteiger partial charge >= 0.3 is 0 Å². The van der Waals surface area contributed by atoms with Crippen molar-refractivity contribution >= 4 is 17.3 Å². The molecular formula is C16H17FN2O2. The molecular weight excluding hydrogens is 271 g/mol. The highest BCUT2D eigenvalue weighted by Crippen LogP contribution is 2.17. The maximum Gasteiger partial charge on any atom is 0.243 e. The molecule has 0 bridgehead atoms. The Labute approximate surface area is 122 Å². The zero-order valence-corrected chi connectivity index (χ0v) is 11.7. The van der Waals surface area contributed by atoms with E-state index >= 15 is 0 Å². The van der Waals surface area contributed by atoms with Crippen LogP contribution in [0, 0.1) is 5.82 Å². The molecule has 2 aromatic rings. The highest BCUT2D eigenvalue weighted by molar-refractivity contribution is 5.93. The van der Waals surface area contributed by atoms with E-state index in [0.717, 1.165) is 0 Å². The number of halogens is 1. The molecule has 4 nitrogen and oxygen atoms in total. The Morgan fingerprint density at radius 1 is 1.19 bits per heavy atom. The van der Waals surface area contributed by atoms with Crippen LogP contribution < -0.4 is 15.4 Å². The molecule has 2 rings (SSSR count). The first-order valence-corrected chi connectivity index (χ1v) is 6.70. The van der Waals surface area contributed by atoms with Crippen molar-refractivity contribution < 1.29 is 13.9 Å². The minimum atomic E-state index is -0.386. The third kappa shape index (κ3) is 4.49. The number of amides is 1. The second-order valence-electron chi connectivity index (χ2n) is 4.34. The fourth-order valence-corrected chi connectivity index (χ4v) is 1.82. The lowest BCUT2D eigenvalue weighted by Crippen LogP contribution is -2.22. The molecule has 0 saturated carbocycles. The Hall–Kier alpha value is -2.56. The summed E-state index contributed by atoms with van der Waals surface area (Å²) < 4.78 is 18.8. The summed E-state index contributed by atoms with van der Waals surface area (Å²) in [7, 11) is 0. The Morgan fingerprint density at radius 2 is 2.00 bits per heavy atom. The Morgan fingerprint density at radius 3 is 2.76 bits per heavy atom. The van der Waals surface area contributed by atoms with Gasteiger partial charge in [0.05, 0.1) is 18.8 Å². The van der Waals surface area contributed by atoms with Crippen LogP contribution in [0.25, 0.3) is 0 Å². The van der Waals surface area contributed by atoms with Crippen molar-refractivity contribution in [1.29, 1.82) is 0 Å². The van der Waals surface area contributed by atoms with Crippen LogP contribution in [0.1, 0.15) is 6.92 Å². The third-order valence-corrected chi connectivity index (χ3v) is 2.74. The number of carbonyl (C=O) groups excluding carboxylic acids is 1. The lowest BCUT2D eigenvalue weighted by atomic mass is 10.3. The molecule has 0 saturated heterocycles. The van der Waals surface area contributed by atoms with Crippen LogP contribution in [0.2, 0.25) is 0 Å². The first-order valence-electron chi connectivity index (χ1n) is 6.70. The lowest BCUT2D eigenvalue weighted by molar-refractivity contribution is -0.114. The largest absolute Gasteiger partial charge is 0.494 e. The molecule has 0 aliphatic rings. The van der Waals surface area contributed by atoms with E-state index in [2.05, 4.69) is 10.6 Å². The fraction of sp³-hybridized carbons (Fsp3) is 0.188. The van der Waals surface area contributed by atoms with Gasteiger partial charge in [0.25, 0.3) is 0 Å². The van der Waals surface area contributed by atoms with Crippen LogP contribution >= 0.6 is 0 Å². The molecule has 1 amide bonds. The molecule has 0 aromatic heterocycles. The lowest BCUT2D eigenvalue weighted by Gasteiger charge is -2.09. The third-order valence-electron chi connectivity index (χ3n) is 2.74. The predicted molar refractivity (Wildman–Crippen MR) is 81.1 cm³/mol. The van der Waals surface area contributed by atoms with Crippen LogP contribution in [0.3, 0.4) is 0 Å². The van der Waals surface area contributed by atoms with Crippen molar-refractivity contribution in [3.63, 3.8) is 0 Å². The highest BCUT2D eigenvalue weighted by Gasteiger charge is 2.05. The number of hydrogen-bond donors (Lipinski definition) is 2. The second-order valence-corrected chi connectivity index (χ2v) is 4.34. The molecule has 5 heteroatoms. The minimum absolute atomic E-state index is 0.0141. The monoisotopic (exact) mass is 288 g/mol. The van der Waals surface area contributed by atoms with Crippen molar-refractivity contribution in [1.82, 2.24) is 0 Å². The van der Waals surface area contributed by atoms with Crippen LogP contribution in [0.5, 0.6) is 5.75 Å². The van der Waals surface area contributed by atoms with Gasteiger partial charge in [-0.3, -0.25) is 4.79 Å². The van der Waals surface area contributed by atoms with Crippen LogP contribution in [-0.4, -0.2) is 19.1 Å². The van der Waals surface area contributed by atoms with Crippen molar-refractivity contribution in [3.05, 3.63) is 54.3 Å². The van der Waals surface area contributed by atoms with E-state index in [0.29, 0.717) is 23.7 Å². The number of ether oxygens (including phenoxy) is 1. The molecule has 0 aliphatic heterocycles. The minimum Gasteiger partial charge on any atom is -0.494 e. The van der Waals surface area contributed by atoms with Gasteiger partial charge < -0.3 is 15.4 Å². The first-order chi connectivity index (χ1) is 10.2. The number of carbonyl (C=O) groups is 1. The predicted octanol–water partition coefficient (Wildman–Crippen LogP) is 3.28. The number of benzene rings is 2. The maximum absolute atomic E-state index is 13.4. The van der Waals surface area contributed by atoms with E-state index in [1.54, 1.807) is 36.4 Å². The summed E-state index contributed by atoms with van der Waals surface area (Å²) in [6.45, 7) is 2.44. The maximum atomic E-state index is 13.4. The average molecular weight is 288 g/mol. The molecule has 0 fully saturated rings. The molecule has 0 spiro atoms. The van der Waals surface area contributed by atoms with E-state index < -0.39 is 0 Å². The molecule has 0 aliphatic carbocycles. The highest BCUT2D eigenvalue weighted by atomic mass is 19.1. The van der Waals surface area contributed by atoms with Crippen molar-refractivity contribution in [2.24, 2.45) is 0 Å². The zero-order valence-electron chi connectivity index (χ0n) is 11.7. The van der Waals surface area contributed by atoms with E-state index in [9.17, 15) is 9.18 Å². The molecule has 0 radical (unpaired) electrons. The van der Waals surface area contributed by atoms with Crippen LogP contribution in [0.15, 0.2) is 48.5 Å². The molecule has 0 atom stereocenters. The summed E-state index contributed by atoms with van der Waals surface area (Å²) >= 11 is 0. The van der Waals surface area contributed by atoms with Gasteiger partial charge in [-0.15, -0.1) is 0 Å². The number of hydrogen-bond acceptors (Lipinski definition) is 3. The summed E-state index contributed by atoms with van der Waals surface area (Å²) in [6, 6.07) is 13.3. The van der Waals surface area contributed by atoms with Crippen molar-refractivity contribution in [2.45, 2.75) is 6.92 Å². The normalized spacial score (nSPS) is 10.0. The van der Waals surface area contributed by atoms with Crippen molar-refractivity contribution in [2.75, 3.05) is 23.8 Å². The summed E-state index contributed by atoms with van der Waals surface area (Å²) in [4.78, 5) is 11.8. The van der Waals surface area contributed by atoms with E-state index in [1.807, 2.05) is 13.0 Å². The van der Waals surface area contributed by atoms with Gasteiger partial charge in [0, 0.05) is 11.8 Å². The molecule has 110 valence electrons. The SMILES string of the molecule is CCOc1cccc(NC(=O)CNc2ccccc2F)c1.